The number of hydrogen-bond acceptors (Lipinski definition) is 1. The highest BCUT2D eigenvalue weighted by atomic mass is 19.1. The van der Waals surface area contributed by atoms with Gasteiger partial charge in [0.15, 0.2) is 5.78 Å². The molecule has 0 heterocycles. The second kappa shape index (κ2) is 5.44. The van der Waals surface area contributed by atoms with Crippen LogP contribution in [0, 0.1) is 17.7 Å². The summed E-state index contributed by atoms with van der Waals surface area (Å²) < 4.78 is 12.8. The molecular formula is C15H19FO. The van der Waals surface area contributed by atoms with Crippen molar-refractivity contribution in [2.24, 2.45) is 11.8 Å². The van der Waals surface area contributed by atoms with Crippen LogP contribution in [0.4, 0.5) is 4.39 Å². The summed E-state index contributed by atoms with van der Waals surface area (Å²) >= 11 is 0. The van der Waals surface area contributed by atoms with Gasteiger partial charge < -0.3 is 0 Å². The number of halogens is 1. The lowest BCUT2D eigenvalue weighted by Gasteiger charge is -2.27. The van der Waals surface area contributed by atoms with E-state index in [9.17, 15) is 9.18 Å². The van der Waals surface area contributed by atoms with Crippen LogP contribution in [0.25, 0.3) is 0 Å². The molecule has 1 fully saturated rings. The lowest BCUT2D eigenvalue weighted by atomic mass is 9.77. The minimum Gasteiger partial charge on any atom is -0.294 e. The molecule has 0 N–H and O–H groups in total. The molecule has 1 aliphatic rings. The van der Waals surface area contributed by atoms with Gasteiger partial charge in [-0.2, -0.15) is 0 Å². The van der Waals surface area contributed by atoms with E-state index < -0.39 is 0 Å². The molecule has 2 heteroatoms. The summed E-state index contributed by atoms with van der Waals surface area (Å²) in [7, 11) is 0. The van der Waals surface area contributed by atoms with Crippen LogP contribution in [0.15, 0.2) is 24.3 Å². The largest absolute Gasteiger partial charge is 0.294 e. The fourth-order valence-electron chi connectivity index (χ4n) is 2.75. The number of ketones is 1. The summed E-state index contributed by atoms with van der Waals surface area (Å²) in [4.78, 5) is 12.3. The summed E-state index contributed by atoms with van der Waals surface area (Å²) in [5, 5.41) is 0. The lowest BCUT2D eigenvalue weighted by Crippen LogP contribution is -2.22. The zero-order valence-corrected chi connectivity index (χ0v) is 10.3. The van der Waals surface area contributed by atoms with Crippen LogP contribution in [0.3, 0.4) is 0 Å². The van der Waals surface area contributed by atoms with Gasteiger partial charge in [-0.1, -0.05) is 26.2 Å². The molecule has 1 aromatic rings. The van der Waals surface area contributed by atoms with Gasteiger partial charge in [-0.05, 0) is 43.0 Å². The zero-order chi connectivity index (χ0) is 12.3. The van der Waals surface area contributed by atoms with Crippen molar-refractivity contribution in [2.75, 3.05) is 0 Å². The summed E-state index contributed by atoms with van der Waals surface area (Å²) in [6.07, 6.45) is 5.56. The van der Waals surface area contributed by atoms with Gasteiger partial charge in [0, 0.05) is 11.5 Å². The molecule has 0 amide bonds. The van der Waals surface area contributed by atoms with Gasteiger partial charge >= 0.3 is 0 Å². The van der Waals surface area contributed by atoms with Crippen LogP contribution in [-0.2, 0) is 0 Å². The molecule has 1 nitrogen and oxygen atoms in total. The average molecular weight is 234 g/mol. The number of carbonyl (C=O) groups excluding carboxylic acids is 1. The van der Waals surface area contributed by atoms with Gasteiger partial charge in [-0.25, -0.2) is 4.39 Å². The molecule has 0 saturated heterocycles. The Morgan fingerprint density at radius 2 is 2.00 bits per heavy atom. The Balaban J connectivity index is 2.06. The van der Waals surface area contributed by atoms with Crippen molar-refractivity contribution in [3.05, 3.63) is 35.6 Å². The second-order valence-corrected chi connectivity index (χ2v) is 5.01. The standard InChI is InChI=1S/C15H19FO/c1-2-11-4-3-5-13(10-11)15(17)12-6-8-14(16)9-7-12/h6-9,11,13H,2-5,10H2,1H3. The molecule has 2 rings (SSSR count). The Kier molecular flexibility index (Phi) is 3.93. The molecule has 0 spiro atoms. The van der Waals surface area contributed by atoms with Crippen molar-refractivity contribution in [3.63, 3.8) is 0 Å². The first-order valence-corrected chi connectivity index (χ1v) is 6.50. The molecule has 0 aliphatic heterocycles. The van der Waals surface area contributed by atoms with E-state index in [4.69, 9.17) is 0 Å². The highest BCUT2D eigenvalue weighted by molar-refractivity contribution is 5.97. The van der Waals surface area contributed by atoms with Crippen LogP contribution >= 0.6 is 0 Å². The van der Waals surface area contributed by atoms with E-state index in [1.165, 1.54) is 18.6 Å². The first kappa shape index (κ1) is 12.3. The minimum atomic E-state index is -0.281. The van der Waals surface area contributed by atoms with Gasteiger partial charge in [-0.3, -0.25) is 4.79 Å². The van der Waals surface area contributed by atoms with Crippen molar-refractivity contribution in [1.82, 2.24) is 0 Å². The molecule has 0 aromatic heterocycles. The number of rotatable bonds is 3. The van der Waals surface area contributed by atoms with E-state index in [1.807, 2.05) is 0 Å². The number of carbonyl (C=O) groups is 1. The number of Topliss-reactive ketones (excluding diaryl/α,β-unsaturated/α-hetero) is 1. The highest BCUT2D eigenvalue weighted by Gasteiger charge is 2.26. The normalized spacial score (nSPS) is 24.6. The number of benzene rings is 1. The maximum absolute atomic E-state index is 12.8. The molecule has 2 unspecified atom stereocenters. The van der Waals surface area contributed by atoms with E-state index >= 15 is 0 Å². The van der Waals surface area contributed by atoms with E-state index in [0.29, 0.717) is 11.5 Å². The summed E-state index contributed by atoms with van der Waals surface area (Å²) in [6, 6.07) is 5.95. The second-order valence-electron chi connectivity index (χ2n) is 5.01. The maximum Gasteiger partial charge on any atom is 0.165 e. The first-order chi connectivity index (χ1) is 8.20. The fourth-order valence-corrected chi connectivity index (χ4v) is 2.75. The van der Waals surface area contributed by atoms with Gasteiger partial charge in [-0.15, -0.1) is 0 Å². The van der Waals surface area contributed by atoms with Crippen LogP contribution in [0.5, 0.6) is 0 Å². The SMILES string of the molecule is CCC1CCCC(C(=O)c2ccc(F)cc2)C1. The van der Waals surface area contributed by atoms with E-state index in [-0.39, 0.29) is 17.5 Å². The number of hydrogen-bond donors (Lipinski definition) is 0. The third-order valence-corrected chi connectivity index (χ3v) is 3.86. The predicted molar refractivity (Wildman–Crippen MR) is 66.5 cm³/mol. The minimum absolute atomic E-state index is 0.152. The molecule has 1 aromatic carbocycles. The van der Waals surface area contributed by atoms with Crippen molar-refractivity contribution in [3.8, 4) is 0 Å². The predicted octanol–water partition coefficient (Wildman–Crippen LogP) is 4.22. The van der Waals surface area contributed by atoms with Gasteiger partial charge in [0.05, 0.1) is 0 Å². The summed E-state index contributed by atoms with van der Waals surface area (Å²) in [5.74, 6) is 0.761. The zero-order valence-electron chi connectivity index (χ0n) is 10.3. The third kappa shape index (κ3) is 2.93. The van der Waals surface area contributed by atoms with Crippen LogP contribution in [-0.4, -0.2) is 5.78 Å². The molecular weight excluding hydrogens is 215 g/mol. The van der Waals surface area contributed by atoms with Gasteiger partial charge in [0.1, 0.15) is 5.82 Å². The maximum atomic E-state index is 12.8. The van der Waals surface area contributed by atoms with Gasteiger partial charge in [0.25, 0.3) is 0 Å². The summed E-state index contributed by atoms with van der Waals surface area (Å²) in [6.45, 7) is 2.19. The van der Waals surface area contributed by atoms with Crippen LogP contribution in [0.2, 0.25) is 0 Å². The third-order valence-electron chi connectivity index (χ3n) is 3.86. The monoisotopic (exact) mass is 234 g/mol. The van der Waals surface area contributed by atoms with E-state index in [0.717, 1.165) is 25.7 Å². The molecule has 17 heavy (non-hydrogen) atoms. The lowest BCUT2D eigenvalue weighted by molar-refractivity contribution is 0.0862. The van der Waals surface area contributed by atoms with E-state index in [1.54, 1.807) is 12.1 Å². The average Bonchev–Trinajstić information content (AvgIpc) is 2.39. The Labute approximate surface area is 102 Å². The molecule has 0 radical (unpaired) electrons. The fraction of sp³-hybridized carbons (Fsp3) is 0.533. The summed E-state index contributed by atoms with van der Waals surface area (Å²) in [5.41, 5.74) is 0.660. The quantitative estimate of drug-likeness (QED) is 0.715. The smallest absolute Gasteiger partial charge is 0.165 e. The molecule has 2 atom stereocenters. The molecule has 1 saturated carbocycles. The van der Waals surface area contributed by atoms with Gasteiger partial charge in [0.2, 0.25) is 0 Å². The van der Waals surface area contributed by atoms with Crippen LogP contribution in [0.1, 0.15) is 49.4 Å². The van der Waals surface area contributed by atoms with Crippen LogP contribution < -0.4 is 0 Å². The Morgan fingerprint density at radius 3 is 2.65 bits per heavy atom. The van der Waals surface area contributed by atoms with E-state index in [2.05, 4.69) is 6.92 Å². The Morgan fingerprint density at radius 1 is 1.29 bits per heavy atom. The Bertz CT molecular complexity index is 382. The molecule has 92 valence electrons. The van der Waals surface area contributed by atoms with Crippen molar-refractivity contribution in [2.45, 2.75) is 39.0 Å². The topological polar surface area (TPSA) is 17.1 Å². The first-order valence-electron chi connectivity index (χ1n) is 6.50. The van der Waals surface area contributed by atoms with Crippen molar-refractivity contribution in [1.29, 1.82) is 0 Å². The molecule has 1 aliphatic carbocycles. The molecule has 0 bridgehead atoms. The van der Waals surface area contributed by atoms with Crippen molar-refractivity contribution < 1.29 is 9.18 Å². The van der Waals surface area contributed by atoms with Crippen molar-refractivity contribution >= 4 is 5.78 Å². The highest BCUT2D eigenvalue weighted by Crippen LogP contribution is 2.32. The Hall–Kier alpha value is -1.18.